The van der Waals surface area contributed by atoms with Crippen molar-refractivity contribution in [2.24, 2.45) is 0 Å². The Morgan fingerprint density at radius 1 is 0.955 bits per heavy atom. The fourth-order valence-corrected chi connectivity index (χ4v) is 5.37. The van der Waals surface area contributed by atoms with Crippen LogP contribution in [-0.2, 0) is 14.3 Å². The van der Waals surface area contributed by atoms with E-state index in [1.807, 2.05) is 41.3 Å². The fraction of sp³-hybridized carbons (Fsp3) is 0.273. The monoisotopic (exact) mass is 597 g/mol. The van der Waals surface area contributed by atoms with E-state index in [2.05, 4.69) is 16.0 Å². The third-order valence-corrected chi connectivity index (χ3v) is 7.69. The van der Waals surface area contributed by atoms with Gasteiger partial charge < -0.3 is 30.7 Å². The smallest absolute Gasteiger partial charge is 0.338 e. The summed E-state index contributed by atoms with van der Waals surface area (Å²) < 4.78 is 4.89. The molecule has 11 nitrogen and oxygen atoms in total. The predicted octanol–water partition coefficient (Wildman–Crippen LogP) is 2.58. The number of fused-ring (bicyclic) bond motifs is 1. The predicted molar refractivity (Wildman–Crippen MR) is 167 cm³/mol. The Bertz CT molecular complexity index is 1590. The second-order valence-electron chi connectivity index (χ2n) is 10.6. The van der Waals surface area contributed by atoms with Gasteiger partial charge in [0.15, 0.2) is 0 Å². The molecule has 11 heteroatoms. The van der Waals surface area contributed by atoms with Crippen LogP contribution in [-0.4, -0.2) is 91.6 Å². The summed E-state index contributed by atoms with van der Waals surface area (Å²) in [4.78, 5) is 54.5. The maximum atomic E-state index is 13.3. The highest BCUT2D eigenvalue weighted by molar-refractivity contribution is 6.37. The number of aryl methyl sites for hydroxylation is 1. The van der Waals surface area contributed by atoms with Crippen molar-refractivity contribution in [3.63, 3.8) is 0 Å². The molecule has 0 unspecified atom stereocenters. The van der Waals surface area contributed by atoms with Gasteiger partial charge in [-0.15, -0.1) is 0 Å². The van der Waals surface area contributed by atoms with Crippen LogP contribution in [0.15, 0.2) is 66.7 Å². The van der Waals surface area contributed by atoms with Crippen LogP contribution in [0.25, 0.3) is 11.3 Å². The molecule has 228 valence electrons. The number of rotatable bonds is 9. The molecule has 0 spiro atoms. The highest BCUT2D eigenvalue weighted by Crippen LogP contribution is 2.39. The van der Waals surface area contributed by atoms with Gasteiger partial charge >= 0.3 is 5.97 Å². The average Bonchev–Trinajstić information content (AvgIpc) is 3.36. The number of piperazine rings is 1. The lowest BCUT2D eigenvalue weighted by Crippen LogP contribution is -2.51. The van der Waals surface area contributed by atoms with Gasteiger partial charge in [0.25, 0.3) is 11.8 Å². The topological polar surface area (TPSA) is 140 Å². The third kappa shape index (κ3) is 6.64. The van der Waals surface area contributed by atoms with Crippen molar-refractivity contribution in [1.29, 1.82) is 0 Å². The van der Waals surface area contributed by atoms with Crippen molar-refractivity contribution in [2.45, 2.75) is 6.92 Å². The van der Waals surface area contributed by atoms with Crippen LogP contribution < -0.4 is 16.0 Å². The van der Waals surface area contributed by atoms with Crippen LogP contribution >= 0.6 is 0 Å². The number of amides is 3. The molecule has 1 fully saturated rings. The van der Waals surface area contributed by atoms with Crippen molar-refractivity contribution >= 4 is 46.3 Å². The number of esters is 1. The van der Waals surface area contributed by atoms with Crippen LogP contribution in [0.3, 0.4) is 0 Å². The maximum absolute atomic E-state index is 13.3. The quantitative estimate of drug-likeness (QED) is 0.218. The van der Waals surface area contributed by atoms with E-state index in [9.17, 15) is 19.2 Å². The highest BCUT2D eigenvalue weighted by atomic mass is 16.5. The molecule has 2 heterocycles. The van der Waals surface area contributed by atoms with Gasteiger partial charge in [-0.05, 0) is 54.4 Å². The van der Waals surface area contributed by atoms with E-state index >= 15 is 0 Å². The highest BCUT2D eigenvalue weighted by Gasteiger charge is 2.30. The molecular weight excluding hydrogens is 562 g/mol. The Balaban J connectivity index is 1.35. The van der Waals surface area contributed by atoms with Gasteiger partial charge in [0.05, 0.1) is 42.8 Å². The minimum Gasteiger partial charge on any atom is -0.465 e. The molecule has 1 saturated heterocycles. The average molecular weight is 598 g/mol. The molecule has 0 aromatic heterocycles. The molecule has 0 radical (unpaired) electrons. The number of nitrogens with zero attached hydrogens (tertiary/aromatic N) is 2. The number of hydrogen-bond acceptors (Lipinski definition) is 8. The van der Waals surface area contributed by atoms with Gasteiger partial charge in [0, 0.05) is 49.5 Å². The van der Waals surface area contributed by atoms with Crippen LogP contribution in [0.1, 0.15) is 37.4 Å². The fourth-order valence-electron chi connectivity index (χ4n) is 5.37. The SMILES string of the molecule is COC(=O)c1cc2c(cc1C)/C(=C(\Nc1ccc(C(=O)N3CCN(CC(=O)NCCO)CC3)cc1)c1ccccc1)C(=O)N2. The maximum Gasteiger partial charge on any atom is 0.338 e. The Labute approximate surface area is 255 Å². The first-order valence-corrected chi connectivity index (χ1v) is 14.4. The second kappa shape index (κ2) is 13.5. The molecular formula is C33H35N5O6. The van der Waals surface area contributed by atoms with E-state index in [4.69, 9.17) is 9.84 Å². The number of hydrogen-bond donors (Lipinski definition) is 4. The van der Waals surface area contributed by atoms with Gasteiger partial charge in [-0.25, -0.2) is 4.79 Å². The molecule has 3 amide bonds. The lowest BCUT2D eigenvalue weighted by Gasteiger charge is -2.34. The van der Waals surface area contributed by atoms with Gasteiger partial charge in [-0.1, -0.05) is 30.3 Å². The number of nitrogens with one attached hydrogen (secondary N) is 3. The Kier molecular flexibility index (Phi) is 9.37. The number of anilines is 2. The summed E-state index contributed by atoms with van der Waals surface area (Å²) in [6.07, 6.45) is 0. The minimum atomic E-state index is -0.475. The number of methoxy groups -OCH3 is 1. The van der Waals surface area contributed by atoms with Crippen molar-refractivity contribution in [2.75, 3.05) is 63.6 Å². The van der Waals surface area contributed by atoms with Crippen LogP contribution in [0.2, 0.25) is 0 Å². The minimum absolute atomic E-state index is 0.0939. The zero-order valence-electron chi connectivity index (χ0n) is 24.7. The van der Waals surface area contributed by atoms with Crippen molar-refractivity contribution in [1.82, 2.24) is 15.1 Å². The van der Waals surface area contributed by atoms with Crippen LogP contribution in [0, 0.1) is 6.92 Å². The molecule has 0 bridgehead atoms. The first-order chi connectivity index (χ1) is 21.3. The Morgan fingerprint density at radius 2 is 1.66 bits per heavy atom. The summed E-state index contributed by atoms with van der Waals surface area (Å²) in [6.45, 7) is 4.32. The zero-order valence-corrected chi connectivity index (χ0v) is 24.7. The van der Waals surface area contributed by atoms with Crippen molar-refractivity contribution in [3.05, 3.63) is 94.5 Å². The number of aliphatic hydroxyl groups is 1. The number of benzene rings is 3. The summed E-state index contributed by atoms with van der Waals surface area (Å²) in [7, 11) is 1.32. The largest absolute Gasteiger partial charge is 0.465 e. The van der Waals surface area contributed by atoms with Gasteiger partial charge in [0.1, 0.15) is 0 Å². The Morgan fingerprint density at radius 3 is 2.32 bits per heavy atom. The molecule has 3 aromatic rings. The zero-order chi connectivity index (χ0) is 31.2. The normalized spacial score (nSPS) is 15.7. The molecule has 0 atom stereocenters. The van der Waals surface area contributed by atoms with Crippen molar-refractivity contribution < 1.29 is 29.0 Å². The van der Waals surface area contributed by atoms with E-state index in [0.29, 0.717) is 71.1 Å². The second-order valence-corrected chi connectivity index (χ2v) is 10.6. The third-order valence-electron chi connectivity index (χ3n) is 7.69. The molecule has 2 aliphatic rings. The molecule has 0 aliphatic carbocycles. The molecule has 5 rings (SSSR count). The number of ether oxygens (including phenoxy) is 1. The van der Waals surface area contributed by atoms with Gasteiger partial charge in [0.2, 0.25) is 5.91 Å². The van der Waals surface area contributed by atoms with Gasteiger partial charge in [-0.2, -0.15) is 0 Å². The van der Waals surface area contributed by atoms with Gasteiger partial charge in [-0.3, -0.25) is 19.3 Å². The summed E-state index contributed by atoms with van der Waals surface area (Å²) in [5.74, 6) is -1.02. The summed E-state index contributed by atoms with van der Waals surface area (Å²) in [5.41, 5.74) is 5.31. The molecule has 44 heavy (non-hydrogen) atoms. The standard InChI is InChI=1S/C33H35N5O6/c1-21-18-26-27(19-25(21)33(43)44-2)36-31(41)29(26)30(22-6-4-3-5-7-22)35-24-10-8-23(9-11-24)32(42)38-15-13-37(14-16-38)20-28(40)34-12-17-39/h3-11,18-19,35,39H,12-17,20H2,1-2H3,(H,34,40)(H,36,41)/b30-29+. The van der Waals surface area contributed by atoms with E-state index in [0.717, 1.165) is 5.56 Å². The van der Waals surface area contributed by atoms with E-state index in [1.165, 1.54) is 7.11 Å². The Hall–Kier alpha value is -5.00. The van der Waals surface area contributed by atoms with E-state index in [1.54, 1.807) is 42.2 Å². The first-order valence-electron chi connectivity index (χ1n) is 14.4. The molecule has 2 aliphatic heterocycles. The number of aliphatic hydroxyl groups excluding tert-OH is 1. The number of carbonyl (C=O) groups is 4. The summed E-state index contributed by atoms with van der Waals surface area (Å²) in [6, 6.07) is 20.0. The van der Waals surface area contributed by atoms with Crippen LogP contribution in [0.4, 0.5) is 11.4 Å². The van der Waals surface area contributed by atoms with E-state index < -0.39 is 5.97 Å². The summed E-state index contributed by atoms with van der Waals surface area (Å²) >= 11 is 0. The molecule has 0 saturated carbocycles. The van der Waals surface area contributed by atoms with Crippen molar-refractivity contribution in [3.8, 4) is 0 Å². The first kappa shape index (κ1) is 30.5. The molecule has 4 N–H and O–H groups in total. The summed E-state index contributed by atoms with van der Waals surface area (Å²) in [5, 5.41) is 17.8. The van der Waals surface area contributed by atoms with E-state index in [-0.39, 0.29) is 37.4 Å². The lowest BCUT2D eigenvalue weighted by molar-refractivity contribution is -0.122. The molecule has 3 aromatic carbocycles. The van der Waals surface area contributed by atoms with Crippen LogP contribution in [0.5, 0.6) is 0 Å². The number of carbonyl (C=O) groups excluding carboxylic acids is 4. The lowest BCUT2D eigenvalue weighted by atomic mass is 9.96.